The van der Waals surface area contributed by atoms with Crippen molar-refractivity contribution < 1.29 is 18.1 Å². The molecular weight excluding hydrogens is 438 g/mol. The zero-order chi connectivity index (χ0) is 20.8. The number of rotatable bonds is 3. The van der Waals surface area contributed by atoms with Gasteiger partial charge >= 0.3 is 0 Å². The van der Waals surface area contributed by atoms with Gasteiger partial charge in [-0.2, -0.15) is 4.99 Å². The summed E-state index contributed by atoms with van der Waals surface area (Å²) in [4.78, 5) is 29.0. The molecule has 0 unspecified atom stereocenters. The number of fused-ring (bicyclic) bond motifs is 1. The number of nitrogens with zero attached hydrogens (tertiary/aromatic N) is 3. The second-order valence-electron chi connectivity index (χ2n) is 6.65. The van der Waals surface area contributed by atoms with Crippen LogP contribution in [0.5, 0.6) is 0 Å². The maximum Gasteiger partial charge on any atom is 0.279 e. The standard InChI is InChI=1S/C18H14ClN3O5S2/c19-12-4-6-13(7-5-12)21-15-9-29(26,27)10-16(15)28-18(21)20-17(23)11-2-1-3-14(8-11)22(24)25/h1-8,15-16H,9-10H2/t15-,16-/m0/s1. The molecule has 4 rings (SSSR count). The van der Waals surface area contributed by atoms with Gasteiger partial charge in [-0.1, -0.05) is 29.4 Å². The summed E-state index contributed by atoms with van der Waals surface area (Å²) in [5, 5.41) is 11.6. The fourth-order valence-electron chi connectivity index (χ4n) is 3.37. The Kier molecular flexibility index (Phi) is 5.09. The maximum absolute atomic E-state index is 12.7. The van der Waals surface area contributed by atoms with Crippen molar-refractivity contribution in [3.05, 3.63) is 69.2 Å². The van der Waals surface area contributed by atoms with Crippen LogP contribution < -0.4 is 4.90 Å². The van der Waals surface area contributed by atoms with Crippen molar-refractivity contribution in [2.75, 3.05) is 16.4 Å². The van der Waals surface area contributed by atoms with Crippen molar-refractivity contribution in [2.24, 2.45) is 4.99 Å². The molecule has 0 radical (unpaired) electrons. The van der Waals surface area contributed by atoms with Crippen molar-refractivity contribution in [2.45, 2.75) is 11.3 Å². The van der Waals surface area contributed by atoms with E-state index in [2.05, 4.69) is 4.99 Å². The van der Waals surface area contributed by atoms with E-state index in [9.17, 15) is 23.3 Å². The Morgan fingerprint density at radius 1 is 1.21 bits per heavy atom. The van der Waals surface area contributed by atoms with Crippen LogP contribution in [0.4, 0.5) is 11.4 Å². The summed E-state index contributed by atoms with van der Waals surface area (Å²) in [5.41, 5.74) is 0.567. The van der Waals surface area contributed by atoms with E-state index in [-0.39, 0.29) is 34.0 Å². The average molecular weight is 452 g/mol. The molecule has 2 aliphatic rings. The van der Waals surface area contributed by atoms with Crippen LogP contribution in [-0.2, 0) is 9.84 Å². The highest BCUT2D eigenvalue weighted by Crippen LogP contribution is 2.41. The van der Waals surface area contributed by atoms with Gasteiger partial charge in [0.15, 0.2) is 15.0 Å². The lowest BCUT2D eigenvalue weighted by Gasteiger charge is -2.24. The third kappa shape index (κ3) is 4.00. The van der Waals surface area contributed by atoms with Gasteiger partial charge in [0.05, 0.1) is 22.5 Å². The Morgan fingerprint density at radius 3 is 2.62 bits per heavy atom. The van der Waals surface area contributed by atoms with Crippen molar-refractivity contribution in [3.8, 4) is 0 Å². The molecule has 0 aliphatic carbocycles. The second-order valence-corrected chi connectivity index (χ2v) is 10.5. The number of hydrogen-bond donors (Lipinski definition) is 0. The number of nitro groups is 1. The molecule has 2 fully saturated rings. The number of aliphatic imine (C=N–C) groups is 1. The van der Waals surface area contributed by atoms with Gasteiger partial charge in [0.1, 0.15) is 0 Å². The van der Waals surface area contributed by atoms with Crippen LogP contribution in [0.15, 0.2) is 53.5 Å². The first kappa shape index (κ1) is 19.9. The minimum Gasteiger partial charge on any atom is -0.316 e. The quantitative estimate of drug-likeness (QED) is 0.520. The first-order chi connectivity index (χ1) is 13.7. The Hall–Kier alpha value is -2.43. The number of carbonyl (C=O) groups excluding carboxylic acids is 1. The van der Waals surface area contributed by atoms with Crippen molar-refractivity contribution in [1.82, 2.24) is 0 Å². The summed E-state index contributed by atoms with van der Waals surface area (Å²) < 4.78 is 24.2. The molecule has 0 spiro atoms. The Morgan fingerprint density at radius 2 is 1.93 bits per heavy atom. The summed E-state index contributed by atoms with van der Waals surface area (Å²) in [5.74, 6) is -0.647. The highest BCUT2D eigenvalue weighted by atomic mass is 35.5. The van der Waals surface area contributed by atoms with Gasteiger partial charge in [-0.3, -0.25) is 14.9 Å². The first-order valence-corrected chi connectivity index (χ1v) is 11.6. The smallest absolute Gasteiger partial charge is 0.279 e. The normalized spacial score (nSPS) is 23.9. The van der Waals surface area contributed by atoms with Crippen LogP contribution in [0.25, 0.3) is 0 Å². The van der Waals surface area contributed by atoms with Gasteiger partial charge in [-0.15, -0.1) is 0 Å². The summed E-state index contributed by atoms with van der Waals surface area (Å²) in [6.45, 7) is 0. The van der Waals surface area contributed by atoms with Crippen LogP contribution in [0.1, 0.15) is 10.4 Å². The van der Waals surface area contributed by atoms with Crippen molar-refractivity contribution >= 4 is 55.6 Å². The van der Waals surface area contributed by atoms with E-state index >= 15 is 0 Å². The number of hydrogen-bond acceptors (Lipinski definition) is 6. The van der Waals surface area contributed by atoms with Crippen LogP contribution in [-0.4, -0.2) is 47.2 Å². The monoisotopic (exact) mass is 451 g/mol. The molecule has 2 atom stereocenters. The van der Waals surface area contributed by atoms with Gasteiger partial charge in [-0.25, -0.2) is 8.42 Å². The van der Waals surface area contributed by atoms with Gasteiger partial charge in [0.2, 0.25) is 0 Å². The largest absolute Gasteiger partial charge is 0.316 e. The molecule has 11 heteroatoms. The molecule has 1 amide bonds. The van der Waals surface area contributed by atoms with Crippen LogP contribution in [0.2, 0.25) is 5.02 Å². The van der Waals surface area contributed by atoms with E-state index in [0.717, 1.165) is 0 Å². The zero-order valence-electron chi connectivity index (χ0n) is 14.8. The lowest BCUT2D eigenvalue weighted by Crippen LogP contribution is -2.37. The lowest BCUT2D eigenvalue weighted by molar-refractivity contribution is -0.384. The number of nitro benzene ring substituents is 1. The summed E-state index contributed by atoms with van der Waals surface area (Å²) >= 11 is 7.19. The van der Waals surface area contributed by atoms with Gasteiger partial charge in [0, 0.05) is 33.7 Å². The third-order valence-corrected chi connectivity index (χ3v) is 8.13. The fraction of sp³-hybridized carbons (Fsp3) is 0.222. The van der Waals surface area contributed by atoms with Gasteiger partial charge < -0.3 is 4.90 Å². The predicted octanol–water partition coefficient (Wildman–Crippen LogP) is 3.16. The number of carbonyl (C=O) groups is 1. The number of amides is 1. The molecule has 2 saturated heterocycles. The molecule has 2 aliphatic heterocycles. The highest BCUT2D eigenvalue weighted by Gasteiger charge is 2.49. The minimum absolute atomic E-state index is 0.0104. The molecule has 2 aromatic carbocycles. The summed E-state index contributed by atoms with van der Waals surface area (Å²) in [7, 11) is -3.18. The number of halogens is 1. The van der Waals surface area contributed by atoms with Gasteiger partial charge in [0.25, 0.3) is 11.6 Å². The van der Waals surface area contributed by atoms with Gasteiger partial charge in [-0.05, 0) is 30.3 Å². The van der Waals surface area contributed by atoms with E-state index < -0.39 is 20.7 Å². The second kappa shape index (κ2) is 7.43. The first-order valence-electron chi connectivity index (χ1n) is 8.53. The molecule has 0 bridgehead atoms. The third-order valence-electron chi connectivity index (χ3n) is 4.67. The van der Waals surface area contributed by atoms with E-state index in [1.807, 2.05) is 0 Å². The van der Waals surface area contributed by atoms with E-state index in [1.165, 1.54) is 36.0 Å². The number of anilines is 1. The predicted molar refractivity (Wildman–Crippen MR) is 113 cm³/mol. The van der Waals surface area contributed by atoms with E-state index in [0.29, 0.717) is 15.9 Å². The highest BCUT2D eigenvalue weighted by molar-refractivity contribution is 8.16. The SMILES string of the molecule is O=C(N=C1S[C@H]2CS(=O)(=O)C[C@@H]2N1c1ccc(Cl)cc1)c1cccc([N+](=O)[O-])c1. The molecule has 2 aromatic rings. The number of sulfone groups is 1. The molecule has 0 aromatic heterocycles. The maximum atomic E-state index is 12.7. The molecule has 0 N–H and O–H groups in total. The number of non-ortho nitro benzene ring substituents is 1. The minimum atomic E-state index is -3.18. The zero-order valence-corrected chi connectivity index (χ0v) is 17.2. The lowest BCUT2D eigenvalue weighted by atomic mass is 10.2. The van der Waals surface area contributed by atoms with E-state index in [4.69, 9.17) is 11.6 Å². The van der Waals surface area contributed by atoms with Crippen molar-refractivity contribution in [1.29, 1.82) is 0 Å². The topological polar surface area (TPSA) is 110 Å². The molecule has 150 valence electrons. The number of amidine groups is 1. The van der Waals surface area contributed by atoms with Crippen LogP contribution in [0.3, 0.4) is 0 Å². The molecule has 2 heterocycles. The molecular formula is C18H14ClN3O5S2. The summed E-state index contributed by atoms with van der Waals surface area (Å²) in [6, 6.07) is 11.8. The Labute approximate surface area is 175 Å². The Bertz CT molecular complexity index is 1130. The molecule has 0 saturated carbocycles. The fourth-order valence-corrected chi connectivity index (χ4v) is 7.41. The molecule has 29 heavy (non-hydrogen) atoms. The number of thioether (sulfide) groups is 1. The average Bonchev–Trinajstić information content (AvgIpc) is 3.13. The Balaban J connectivity index is 1.71. The van der Waals surface area contributed by atoms with E-state index in [1.54, 1.807) is 29.2 Å². The summed E-state index contributed by atoms with van der Waals surface area (Å²) in [6.07, 6.45) is 0. The van der Waals surface area contributed by atoms with Crippen molar-refractivity contribution in [3.63, 3.8) is 0 Å². The molecule has 8 nitrogen and oxygen atoms in total. The van der Waals surface area contributed by atoms with Crippen LogP contribution >= 0.6 is 23.4 Å². The van der Waals surface area contributed by atoms with Crippen LogP contribution in [0, 0.1) is 10.1 Å². The number of benzene rings is 2.